The quantitative estimate of drug-likeness (QED) is 0.368. The van der Waals surface area contributed by atoms with E-state index in [1.807, 2.05) is 29.7 Å². The molecule has 0 bridgehead atoms. The van der Waals surface area contributed by atoms with Gasteiger partial charge in [-0.1, -0.05) is 28.1 Å². The van der Waals surface area contributed by atoms with Gasteiger partial charge in [0.15, 0.2) is 0 Å². The van der Waals surface area contributed by atoms with Crippen LogP contribution in [-0.4, -0.2) is 12.5 Å². The maximum absolute atomic E-state index is 10.7. The maximum atomic E-state index is 10.7. The average molecular weight is 273 g/mol. The van der Waals surface area contributed by atoms with Crippen molar-refractivity contribution in [3.8, 4) is 0 Å². The van der Waals surface area contributed by atoms with E-state index in [-0.39, 0.29) is 12.3 Å². The van der Waals surface area contributed by atoms with Crippen LogP contribution in [0.4, 0.5) is 0 Å². The molecule has 1 amide bonds. The smallest absolute Gasteiger partial charge is 0.236 e. The van der Waals surface area contributed by atoms with Crippen molar-refractivity contribution < 1.29 is 9.53 Å². The number of carbonyl (C=O) groups excluding carboxylic acids is 1. The lowest BCUT2D eigenvalue weighted by Crippen LogP contribution is -2.30. The molecule has 0 fully saturated rings. The average Bonchev–Trinajstić information content (AvgIpc) is 2.26. The molecule has 5 heteroatoms. The standard InChI is InChI=1S/C10H13BrN2O2/c11-9-3-1-8(2-4-9)7-15-6-5-10(14)13-12/h1-4H,5-7,12H2,(H,13,14). The highest BCUT2D eigenvalue weighted by atomic mass is 79.9. The monoisotopic (exact) mass is 272 g/mol. The third-order valence-corrected chi connectivity index (χ3v) is 2.35. The molecule has 0 spiro atoms. The zero-order valence-electron chi connectivity index (χ0n) is 8.20. The molecule has 3 N–H and O–H groups in total. The fourth-order valence-corrected chi connectivity index (χ4v) is 1.27. The van der Waals surface area contributed by atoms with E-state index < -0.39 is 0 Å². The second-order valence-electron chi connectivity index (χ2n) is 3.00. The fraction of sp³-hybridized carbons (Fsp3) is 0.300. The van der Waals surface area contributed by atoms with Crippen LogP contribution in [-0.2, 0) is 16.1 Å². The summed E-state index contributed by atoms with van der Waals surface area (Å²) in [6, 6.07) is 7.83. The summed E-state index contributed by atoms with van der Waals surface area (Å²) in [5, 5.41) is 0. The Morgan fingerprint density at radius 3 is 2.67 bits per heavy atom. The first-order valence-corrected chi connectivity index (χ1v) is 5.33. The number of nitrogens with one attached hydrogen (secondary N) is 1. The highest BCUT2D eigenvalue weighted by Gasteiger charge is 1.98. The van der Waals surface area contributed by atoms with Crippen LogP contribution in [0.3, 0.4) is 0 Å². The Morgan fingerprint density at radius 1 is 1.40 bits per heavy atom. The molecule has 0 aromatic heterocycles. The largest absolute Gasteiger partial charge is 0.376 e. The third kappa shape index (κ3) is 4.92. The van der Waals surface area contributed by atoms with E-state index in [1.54, 1.807) is 0 Å². The Balaban J connectivity index is 2.20. The van der Waals surface area contributed by atoms with E-state index in [1.165, 1.54) is 0 Å². The van der Waals surface area contributed by atoms with Crippen LogP contribution in [0.1, 0.15) is 12.0 Å². The van der Waals surface area contributed by atoms with Crippen LogP contribution in [0.25, 0.3) is 0 Å². The van der Waals surface area contributed by atoms with Crippen molar-refractivity contribution in [2.75, 3.05) is 6.61 Å². The van der Waals surface area contributed by atoms with Crippen LogP contribution < -0.4 is 11.3 Å². The van der Waals surface area contributed by atoms with Crippen molar-refractivity contribution in [3.05, 3.63) is 34.3 Å². The molecule has 0 saturated carbocycles. The van der Waals surface area contributed by atoms with Gasteiger partial charge in [0, 0.05) is 4.47 Å². The van der Waals surface area contributed by atoms with Gasteiger partial charge in [0.2, 0.25) is 5.91 Å². The summed E-state index contributed by atoms with van der Waals surface area (Å²) in [4.78, 5) is 10.7. The number of hydrogen-bond acceptors (Lipinski definition) is 3. The summed E-state index contributed by atoms with van der Waals surface area (Å²) in [5.41, 5.74) is 3.12. The Morgan fingerprint density at radius 2 is 2.07 bits per heavy atom. The van der Waals surface area contributed by atoms with Gasteiger partial charge in [-0.15, -0.1) is 0 Å². The lowest BCUT2D eigenvalue weighted by atomic mass is 10.2. The zero-order valence-corrected chi connectivity index (χ0v) is 9.79. The van der Waals surface area contributed by atoms with E-state index in [4.69, 9.17) is 10.6 Å². The van der Waals surface area contributed by atoms with E-state index >= 15 is 0 Å². The maximum Gasteiger partial charge on any atom is 0.236 e. The first-order chi connectivity index (χ1) is 7.22. The minimum atomic E-state index is -0.217. The van der Waals surface area contributed by atoms with E-state index in [9.17, 15) is 4.79 Å². The first kappa shape index (κ1) is 12.2. The number of rotatable bonds is 5. The van der Waals surface area contributed by atoms with Crippen molar-refractivity contribution in [1.82, 2.24) is 5.43 Å². The molecule has 0 unspecified atom stereocenters. The number of hydrogen-bond donors (Lipinski definition) is 2. The highest BCUT2D eigenvalue weighted by Crippen LogP contribution is 2.11. The molecule has 0 aliphatic carbocycles. The van der Waals surface area contributed by atoms with Crippen LogP contribution in [0.2, 0.25) is 0 Å². The minimum Gasteiger partial charge on any atom is -0.376 e. The van der Waals surface area contributed by atoms with Gasteiger partial charge >= 0.3 is 0 Å². The summed E-state index contributed by atoms with van der Waals surface area (Å²) >= 11 is 3.35. The van der Waals surface area contributed by atoms with Crippen molar-refractivity contribution in [3.63, 3.8) is 0 Å². The van der Waals surface area contributed by atoms with Gasteiger partial charge in [0.25, 0.3) is 0 Å². The number of carbonyl (C=O) groups is 1. The molecular weight excluding hydrogens is 260 g/mol. The van der Waals surface area contributed by atoms with Crippen molar-refractivity contribution in [2.45, 2.75) is 13.0 Å². The van der Waals surface area contributed by atoms with E-state index in [2.05, 4.69) is 15.9 Å². The van der Waals surface area contributed by atoms with Gasteiger partial charge in [-0.25, -0.2) is 5.84 Å². The SMILES string of the molecule is NNC(=O)CCOCc1ccc(Br)cc1. The molecule has 0 aliphatic rings. The molecule has 1 rings (SSSR count). The zero-order chi connectivity index (χ0) is 11.1. The number of nitrogens with two attached hydrogens (primary N) is 1. The van der Waals surface area contributed by atoms with Gasteiger partial charge < -0.3 is 4.74 Å². The Kier molecular flexibility index (Phi) is 5.31. The highest BCUT2D eigenvalue weighted by molar-refractivity contribution is 9.10. The molecule has 15 heavy (non-hydrogen) atoms. The van der Waals surface area contributed by atoms with Crippen molar-refractivity contribution in [2.24, 2.45) is 5.84 Å². The molecule has 0 radical (unpaired) electrons. The molecule has 0 heterocycles. The normalized spacial score (nSPS) is 10.0. The summed E-state index contributed by atoms with van der Waals surface area (Å²) in [5.74, 6) is 4.70. The molecule has 82 valence electrons. The summed E-state index contributed by atoms with van der Waals surface area (Å²) < 4.78 is 6.34. The topological polar surface area (TPSA) is 64.3 Å². The van der Waals surface area contributed by atoms with Gasteiger partial charge in [0.05, 0.1) is 19.6 Å². The van der Waals surface area contributed by atoms with Gasteiger partial charge in [-0.3, -0.25) is 10.2 Å². The van der Waals surface area contributed by atoms with Gasteiger partial charge in [-0.05, 0) is 17.7 Å². The molecule has 4 nitrogen and oxygen atoms in total. The number of halogens is 1. The second-order valence-corrected chi connectivity index (χ2v) is 3.91. The Labute approximate surface area is 96.9 Å². The fourth-order valence-electron chi connectivity index (χ4n) is 1.01. The lowest BCUT2D eigenvalue weighted by Gasteiger charge is -2.03. The lowest BCUT2D eigenvalue weighted by molar-refractivity contribution is -0.122. The van der Waals surface area contributed by atoms with Crippen molar-refractivity contribution in [1.29, 1.82) is 0 Å². The third-order valence-electron chi connectivity index (χ3n) is 1.82. The molecular formula is C10H13BrN2O2. The summed E-state index contributed by atoms with van der Waals surface area (Å²) in [7, 11) is 0. The van der Waals surface area contributed by atoms with Gasteiger partial charge in [0.1, 0.15) is 0 Å². The number of amides is 1. The van der Waals surface area contributed by atoms with Crippen LogP contribution in [0, 0.1) is 0 Å². The summed E-state index contributed by atoms with van der Waals surface area (Å²) in [6.07, 6.45) is 0.285. The van der Waals surface area contributed by atoms with Crippen LogP contribution in [0.15, 0.2) is 28.7 Å². The minimum absolute atomic E-state index is 0.217. The molecule has 1 aromatic rings. The Hall–Kier alpha value is -0.910. The van der Waals surface area contributed by atoms with E-state index in [0.29, 0.717) is 13.2 Å². The second kappa shape index (κ2) is 6.55. The number of hydrazine groups is 1. The predicted octanol–water partition coefficient (Wildman–Crippen LogP) is 1.35. The Bertz CT molecular complexity index is 314. The van der Waals surface area contributed by atoms with E-state index in [0.717, 1.165) is 10.0 Å². The molecule has 0 atom stereocenters. The first-order valence-electron chi connectivity index (χ1n) is 4.54. The number of benzene rings is 1. The van der Waals surface area contributed by atoms with Gasteiger partial charge in [-0.2, -0.15) is 0 Å². The van der Waals surface area contributed by atoms with Crippen molar-refractivity contribution >= 4 is 21.8 Å². The predicted molar refractivity (Wildman–Crippen MR) is 60.7 cm³/mol. The molecule has 0 saturated heterocycles. The number of ether oxygens (including phenoxy) is 1. The van der Waals surface area contributed by atoms with Crippen LogP contribution >= 0.6 is 15.9 Å². The van der Waals surface area contributed by atoms with Crippen LogP contribution in [0.5, 0.6) is 0 Å². The molecule has 1 aromatic carbocycles. The molecule has 0 aliphatic heterocycles. The summed E-state index contributed by atoms with van der Waals surface area (Å²) in [6.45, 7) is 0.879.